The van der Waals surface area contributed by atoms with Gasteiger partial charge in [0.2, 0.25) is 10.0 Å². The molecule has 0 fully saturated rings. The number of hydrogen-bond donors (Lipinski definition) is 1. The molecule has 0 aliphatic rings. The highest BCUT2D eigenvalue weighted by atomic mass is 32.2. The molecule has 0 saturated heterocycles. The summed E-state index contributed by atoms with van der Waals surface area (Å²) >= 11 is 0. The lowest BCUT2D eigenvalue weighted by molar-refractivity contribution is 0.104. The molecule has 0 radical (unpaired) electrons. The maximum absolute atomic E-state index is 12.2. The van der Waals surface area contributed by atoms with E-state index in [-0.39, 0.29) is 11.5 Å². The first-order valence-electron chi connectivity index (χ1n) is 8.10. The number of sulfonamides is 1. The van der Waals surface area contributed by atoms with Crippen LogP contribution in [0.1, 0.15) is 22.8 Å². The molecule has 0 aliphatic carbocycles. The lowest BCUT2D eigenvalue weighted by atomic mass is 10.1. The molecule has 6 heteroatoms. The number of ketones is 1. The molecule has 0 amide bonds. The smallest absolute Gasteiger partial charge is 0.232 e. The third-order valence-corrected chi connectivity index (χ3v) is 4.80. The van der Waals surface area contributed by atoms with Crippen molar-refractivity contribution in [2.75, 3.05) is 17.1 Å². The predicted molar refractivity (Wildman–Crippen MR) is 105 cm³/mol. The molecule has 0 saturated carbocycles. The predicted octanol–water partition coefficient (Wildman–Crippen LogP) is 3.91. The summed E-state index contributed by atoms with van der Waals surface area (Å²) in [5.41, 5.74) is 1.78. The van der Waals surface area contributed by atoms with Gasteiger partial charge in [0.1, 0.15) is 12.4 Å². The van der Waals surface area contributed by atoms with Crippen LogP contribution in [0.15, 0.2) is 67.3 Å². The molecule has 0 unspecified atom stereocenters. The standard InChI is InChI=1S/C20H21NO4S/c1-3-15-25-19-12-5-16(6-13-19)7-14-20(22)17-8-10-18(11-9-17)21-26(23,24)4-2/h3,5-14,21H,1,4,15H2,2H3. The molecule has 0 spiro atoms. The van der Waals surface area contributed by atoms with Gasteiger partial charge in [-0.2, -0.15) is 0 Å². The molecule has 0 heterocycles. The van der Waals surface area contributed by atoms with E-state index in [0.717, 1.165) is 11.3 Å². The number of nitrogens with one attached hydrogen (secondary N) is 1. The maximum atomic E-state index is 12.2. The van der Waals surface area contributed by atoms with Crippen LogP contribution in [0.5, 0.6) is 5.75 Å². The number of allylic oxidation sites excluding steroid dienone is 1. The van der Waals surface area contributed by atoms with E-state index < -0.39 is 10.0 Å². The number of carbonyl (C=O) groups excluding carboxylic acids is 1. The number of ether oxygens (including phenoxy) is 1. The molecule has 0 bridgehead atoms. The van der Waals surface area contributed by atoms with Crippen molar-refractivity contribution in [3.05, 3.63) is 78.4 Å². The van der Waals surface area contributed by atoms with Gasteiger partial charge in [0.05, 0.1) is 5.75 Å². The summed E-state index contributed by atoms with van der Waals surface area (Å²) in [6.45, 7) is 5.59. The van der Waals surface area contributed by atoms with Crippen LogP contribution in [0, 0.1) is 0 Å². The molecule has 2 rings (SSSR count). The minimum Gasteiger partial charge on any atom is -0.490 e. The summed E-state index contributed by atoms with van der Waals surface area (Å²) in [6.07, 6.45) is 4.86. The second kappa shape index (κ2) is 9.01. The first kappa shape index (κ1) is 19.5. The quantitative estimate of drug-likeness (QED) is 0.412. The van der Waals surface area contributed by atoms with Gasteiger partial charge in [0.25, 0.3) is 0 Å². The molecule has 0 aromatic heterocycles. The van der Waals surface area contributed by atoms with Crippen LogP contribution in [0.2, 0.25) is 0 Å². The molecule has 26 heavy (non-hydrogen) atoms. The number of rotatable bonds is 9. The van der Waals surface area contributed by atoms with E-state index in [0.29, 0.717) is 17.9 Å². The molecule has 0 atom stereocenters. The summed E-state index contributed by atoms with van der Waals surface area (Å²) in [5.74, 6) is 0.564. The Bertz CT molecular complexity index is 882. The third kappa shape index (κ3) is 5.89. The highest BCUT2D eigenvalue weighted by Crippen LogP contribution is 2.15. The van der Waals surface area contributed by atoms with Crippen LogP contribution in [-0.4, -0.2) is 26.6 Å². The Hall–Kier alpha value is -2.86. The second-order valence-corrected chi connectivity index (χ2v) is 7.46. The third-order valence-electron chi connectivity index (χ3n) is 3.50. The monoisotopic (exact) mass is 371 g/mol. The highest BCUT2D eigenvalue weighted by molar-refractivity contribution is 7.92. The summed E-state index contributed by atoms with van der Waals surface area (Å²) in [6, 6.07) is 13.7. The largest absolute Gasteiger partial charge is 0.490 e. The van der Waals surface area contributed by atoms with Gasteiger partial charge in [-0.3, -0.25) is 9.52 Å². The molecule has 0 aliphatic heterocycles. The molecule has 136 valence electrons. The van der Waals surface area contributed by atoms with E-state index in [9.17, 15) is 13.2 Å². The Balaban J connectivity index is 2.00. The van der Waals surface area contributed by atoms with E-state index in [1.165, 1.54) is 6.08 Å². The van der Waals surface area contributed by atoms with Gasteiger partial charge in [0.15, 0.2) is 5.78 Å². The van der Waals surface area contributed by atoms with Crippen LogP contribution in [-0.2, 0) is 10.0 Å². The Kier molecular flexibility index (Phi) is 6.74. The molecular weight excluding hydrogens is 350 g/mol. The first-order chi connectivity index (χ1) is 12.4. The number of anilines is 1. The van der Waals surface area contributed by atoms with Gasteiger partial charge in [-0.25, -0.2) is 8.42 Å². The Morgan fingerprint density at radius 2 is 1.77 bits per heavy atom. The second-order valence-electron chi connectivity index (χ2n) is 5.45. The van der Waals surface area contributed by atoms with Crippen LogP contribution >= 0.6 is 0 Å². The average molecular weight is 371 g/mol. The fraction of sp³-hybridized carbons (Fsp3) is 0.150. The van der Waals surface area contributed by atoms with Gasteiger partial charge in [0, 0.05) is 11.3 Å². The fourth-order valence-electron chi connectivity index (χ4n) is 2.05. The highest BCUT2D eigenvalue weighted by Gasteiger charge is 2.07. The van der Waals surface area contributed by atoms with Gasteiger partial charge in [-0.05, 0) is 55.0 Å². The van der Waals surface area contributed by atoms with Crippen molar-refractivity contribution in [2.24, 2.45) is 0 Å². The number of benzene rings is 2. The Morgan fingerprint density at radius 3 is 2.35 bits per heavy atom. The zero-order chi connectivity index (χ0) is 19.0. The van der Waals surface area contributed by atoms with Gasteiger partial charge >= 0.3 is 0 Å². The van der Waals surface area contributed by atoms with E-state index in [2.05, 4.69) is 11.3 Å². The van der Waals surface area contributed by atoms with Crippen LogP contribution < -0.4 is 9.46 Å². The van der Waals surface area contributed by atoms with Crippen LogP contribution in [0.4, 0.5) is 5.69 Å². The summed E-state index contributed by atoms with van der Waals surface area (Å²) < 4.78 is 30.9. The molecule has 1 N–H and O–H groups in total. The first-order valence-corrected chi connectivity index (χ1v) is 9.75. The Labute approximate surface area is 154 Å². The molecule has 2 aromatic carbocycles. The zero-order valence-corrected chi connectivity index (χ0v) is 15.3. The van der Waals surface area contributed by atoms with Crippen LogP contribution in [0.25, 0.3) is 6.08 Å². The maximum Gasteiger partial charge on any atom is 0.232 e. The van der Waals surface area contributed by atoms with Crippen molar-refractivity contribution in [1.82, 2.24) is 0 Å². The summed E-state index contributed by atoms with van der Waals surface area (Å²) in [5, 5.41) is 0. The van der Waals surface area contributed by atoms with Crippen molar-refractivity contribution in [1.29, 1.82) is 0 Å². The minimum absolute atomic E-state index is 0.00611. The Morgan fingerprint density at radius 1 is 1.12 bits per heavy atom. The van der Waals surface area contributed by atoms with E-state index in [1.807, 2.05) is 24.3 Å². The molecule has 2 aromatic rings. The summed E-state index contributed by atoms with van der Waals surface area (Å²) in [4.78, 5) is 12.2. The van der Waals surface area contributed by atoms with Crippen molar-refractivity contribution < 1.29 is 17.9 Å². The number of hydrogen-bond acceptors (Lipinski definition) is 4. The minimum atomic E-state index is -3.33. The van der Waals surface area contributed by atoms with E-state index >= 15 is 0 Å². The summed E-state index contributed by atoms with van der Waals surface area (Å²) in [7, 11) is -3.33. The molecular formula is C20H21NO4S. The fourth-order valence-corrected chi connectivity index (χ4v) is 2.69. The van der Waals surface area contributed by atoms with Crippen molar-refractivity contribution >= 4 is 27.6 Å². The van der Waals surface area contributed by atoms with E-state index in [1.54, 1.807) is 43.3 Å². The molecule has 5 nitrogen and oxygen atoms in total. The van der Waals surface area contributed by atoms with Crippen molar-refractivity contribution in [3.63, 3.8) is 0 Å². The van der Waals surface area contributed by atoms with Crippen molar-refractivity contribution in [2.45, 2.75) is 6.92 Å². The van der Waals surface area contributed by atoms with Crippen LogP contribution in [0.3, 0.4) is 0 Å². The lowest BCUT2D eigenvalue weighted by Crippen LogP contribution is -2.14. The van der Waals surface area contributed by atoms with Gasteiger partial charge < -0.3 is 4.74 Å². The number of carbonyl (C=O) groups is 1. The van der Waals surface area contributed by atoms with E-state index in [4.69, 9.17) is 4.74 Å². The normalized spacial score (nSPS) is 11.3. The van der Waals surface area contributed by atoms with Crippen molar-refractivity contribution in [3.8, 4) is 5.75 Å². The average Bonchev–Trinajstić information content (AvgIpc) is 2.65. The van der Waals surface area contributed by atoms with Gasteiger partial charge in [-0.15, -0.1) is 0 Å². The zero-order valence-electron chi connectivity index (χ0n) is 14.5. The van der Waals surface area contributed by atoms with Gasteiger partial charge in [-0.1, -0.05) is 30.9 Å². The SMILES string of the molecule is C=CCOc1ccc(C=CC(=O)c2ccc(NS(=O)(=O)CC)cc2)cc1. The topological polar surface area (TPSA) is 72.5 Å². The lowest BCUT2D eigenvalue weighted by Gasteiger charge is -2.06.